The Morgan fingerprint density at radius 2 is 0.443 bits per heavy atom. The highest BCUT2D eigenvalue weighted by atomic mass is 16.2. The van der Waals surface area contributed by atoms with E-state index in [1.807, 2.05) is 24.3 Å². The van der Waals surface area contributed by atoms with Crippen LogP contribution in [-0.2, 0) is 0 Å². The highest BCUT2D eigenvalue weighted by Crippen LogP contribution is 2.50. The molecule has 0 atom stereocenters. The van der Waals surface area contributed by atoms with Gasteiger partial charge >= 0.3 is 0 Å². The summed E-state index contributed by atoms with van der Waals surface area (Å²) in [6.07, 6.45) is 37.2. The summed E-state index contributed by atoms with van der Waals surface area (Å²) in [5.74, 6) is -0.546. The quantitative estimate of drug-likeness (QED) is 0.0172. The lowest BCUT2D eigenvalue weighted by Gasteiger charge is -2.35. The van der Waals surface area contributed by atoms with Crippen molar-refractivity contribution in [1.82, 2.24) is 9.80 Å². The molecule has 6 heteroatoms. The molecule has 10 aromatic carbocycles. The molecule has 2 aliphatic rings. The summed E-state index contributed by atoms with van der Waals surface area (Å²) in [6.45, 7) is 9.04. The lowest BCUT2D eigenvalue weighted by atomic mass is 9.81. The molecular formula is C82H96N2O4. The molecule has 0 saturated heterocycles. The average molecular weight is 1170 g/mol. The predicted molar refractivity (Wildman–Crippen MR) is 373 cm³/mol. The molecule has 88 heavy (non-hydrogen) atoms. The normalized spacial score (nSPS) is 13.8. The van der Waals surface area contributed by atoms with Crippen molar-refractivity contribution in [2.45, 2.75) is 245 Å². The highest BCUT2D eigenvalue weighted by molar-refractivity contribution is 6.41. The van der Waals surface area contributed by atoms with E-state index in [0.717, 1.165) is 164 Å². The zero-order valence-corrected chi connectivity index (χ0v) is 53.7. The maximum Gasteiger partial charge on any atom is 0.261 e. The molecule has 12 rings (SSSR count). The molecular weight excluding hydrogens is 1080 g/mol. The van der Waals surface area contributed by atoms with Gasteiger partial charge in [0, 0.05) is 45.1 Å². The second-order valence-corrected chi connectivity index (χ2v) is 26.8. The van der Waals surface area contributed by atoms with Gasteiger partial charge in [-0.1, -0.05) is 292 Å². The van der Waals surface area contributed by atoms with Crippen LogP contribution in [0.25, 0.3) is 97.3 Å². The van der Waals surface area contributed by atoms with E-state index in [1.54, 1.807) is 9.80 Å². The van der Waals surface area contributed by atoms with Crippen molar-refractivity contribution >= 4 is 110 Å². The number of carbonyl (C=O) groups is 4. The summed E-state index contributed by atoms with van der Waals surface area (Å²) in [5, 5.41) is 17.0. The van der Waals surface area contributed by atoms with Crippen molar-refractivity contribution in [2.24, 2.45) is 0 Å². The van der Waals surface area contributed by atoms with Gasteiger partial charge in [-0.15, -0.1) is 0 Å². The molecule has 10 aromatic rings. The Hall–Kier alpha value is -6.92. The van der Waals surface area contributed by atoms with Crippen molar-refractivity contribution in [3.8, 4) is 11.1 Å². The first kappa shape index (κ1) is 61.3. The Bertz CT molecular complexity index is 3690. The number of carbonyl (C=O) groups excluding carboxylic acids is 4. The molecule has 0 spiro atoms. The van der Waals surface area contributed by atoms with Gasteiger partial charge in [0.25, 0.3) is 23.6 Å². The molecule has 2 aliphatic heterocycles. The molecule has 2 heterocycles. The van der Waals surface area contributed by atoms with E-state index in [9.17, 15) is 0 Å². The van der Waals surface area contributed by atoms with Crippen LogP contribution in [0.2, 0.25) is 0 Å². The van der Waals surface area contributed by atoms with Crippen LogP contribution in [0.5, 0.6) is 0 Å². The molecule has 0 aliphatic carbocycles. The van der Waals surface area contributed by atoms with Crippen LogP contribution >= 0.6 is 0 Å². The lowest BCUT2D eigenvalue weighted by molar-refractivity contribution is 0.0501. The minimum absolute atomic E-state index is 0.108. The molecule has 0 aromatic heterocycles. The standard InChI is InChI=1S/C82H96N2O4/c1-5-9-13-17-21-25-29-35-55(36-30-26-22-18-14-10-6-2)83-79(85)69-51-47-65-61-41-33-39-59-57(43-45-63(73(59)61)67-49-53-71(81(83)87)77(69)75(65)67)58-44-46-64-68-50-54-72-78-70(52-48-66(76(68)78)62-42-34-40-60(58)74(62)64)80(86)84(82(72)88)56(37-31-27-23-19-15-11-7-3)38-32-28-24-20-16-12-8-4/h33-34,39-56H,5-32,35-38H2,1-4H3. The highest BCUT2D eigenvalue weighted by Gasteiger charge is 2.40. The summed E-state index contributed by atoms with van der Waals surface area (Å²) in [7, 11) is 0. The third-order valence-corrected chi connectivity index (χ3v) is 20.9. The third kappa shape index (κ3) is 11.7. The van der Waals surface area contributed by atoms with Gasteiger partial charge in [0.2, 0.25) is 0 Å². The minimum Gasteiger partial charge on any atom is -0.271 e. The van der Waals surface area contributed by atoms with Gasteiger partial charge in [0.15, 0.2) is 0 Å². The van der Waals surface area contributed by atoms with Gasteiger partial charge in [0.05, 0.1) is 0 Å². The average Bonchev–Trinajstić information content (AvgIpc) is 0.720. The number of fused-ring (bicyclic) bond motifs is 4. The van der Waals surface area contributed by atoms with E-state index in [1.165, 1.54) is 139 Å². The van der Waals surface area contributed by atoms with Crippen molar-refractivity contribution < 1.29 is 19.2 Å². The molecule has 0 N–H and O–H groups in total. The molecule has 458 valence electrons. The van der Waals surface area contributed by atoms with E-state index in [0.29, 0.717) is 22.3 Å². The monoisotopic (exact) mass is 1170 g/mol. The number of hydrogen-bond acceptors (Lipinski definition) is 4. The Balaban J connectivity index is 0.873. The van der Waals surface area contributed by atoms with Crippen LogP contribution < -0.4 is 0 Å². The number of benzene rings is 10. The summed E-state index contributed by atoms with van der Waals surface area (Å²) >= 11 is 0. The first-order valence-electron chi connectivity index (χ1n) is 35.4. The van der Waals surface area contributed by atoms with E-state index in [4.69, 9.17) is 0 Å². The van der Waals surface area contributed by atoms with Crippen LogP contribution in [-0.4, -0.2) is 45.5 Å². The fourth-order valence-electron chi connectivity index (χ4n) is 16.3. The Morgan fingerprint density at radius 3 is 0.716 bits per heavy atom. The number of rotatable bonds is 35. The number of amides is 4. The SMILES string of the molecule is CCCCCCCCCC(CCCCCCCCC)N1C(=O)c2ccc3c4cccc5c(-c6ccc7c8ccc9c%10c(ccc(c%11cccc6c%117)c%108)C(=O)N(C(CCCCCCCCC)CCCCCCCCC)C9=O)ccc(c6ccc(c2c36)C1=O)c54. The van der Waals surface area contributed by atoms with Gasteiger partial charge < -0.3 is 0 Å². The summed E-state index contributed by atoms with van der Waals surface area (Å²) in [5.41, 5.74) is 4.87. The lowest BCUT2D eigenvalue weighted by Crippen LogP contribution is -2.47. The molecule has 0 saturated carbocycles. The maximum atomic E-state index is 15.0. The van der Waals surface area contributed by atoms with Gasteiger partial charge in [0.1, 0.15) is 0 Å². The van der Waals surface area contributed by atoms with Crippen molar-refractivity contribution in [3.63, 3.8) is 0 Å². The molecule has 0 bridgehead atoms. The van der Waals surface area contributed by atoms with Gasteiger partial charge in [-0.3, -0.25) is 29.0 Å². The number of unbranched alkanes of at least 4 members (excludes halogenated alkanes) is 24. The van der Waals surface area contributed by atoms with Gasteiger partial charge in [-0.2, -0.15) is 0 Å². The van der Waals surface area contributed by atoms with Crippen LogP contribution in [0.3, 0.4) is 0 Å². The summed E-state index contributed by atoms with van der Waals surface area (Å²) in [6, 6.07) is 38.9. The van der Waals surface area contributed by atoms with Crippen molar-refractivity contribution in [1.29, 1.82) is 0 Å². The van der Waals surface area contributed by atoms with E-state index >= 15 is 19.2 Å². The molecule has 6 nitrogen and oxygen atoms in total. The van der Waals surface area contributed by atoms with E-state index < -0.39 is 0 Å². The topological polar surface area (TPSA) is 74.8 Å². The van der Waals surface area contributed by atoms with Crippen LogP contribution in [0, 0.1) is 0 Å². The summed E-state index contributed by atoms with van der Waals surface area (Å²) < 4.78 is 0. The first-order valence-corrected chi connectivity index (χ1v) is 35.4. The van der Waals surface area contributed by atoms with E-state index in [2.05, 4.69) is 113 Å². The Morgan fingerprint density at radius 1 is 0.227 bits per heavy atom. The summed E-state index contributed by atoms with van der Waals surface area (Å²) in [4.78, 5) is 63.6. The zero-order chi connectivity index (χ0) is 60.7. The minimum atomic E-state index is -0.136. The number of nitrogens with zero attached hydrogens (tertiary/aromatic N) is 2. The van der Waals surface area contributed by atoms with Crippen LogP contribution in [0.1, 0.15) is 275 Å². The van der Waals surface area contributed by atoms with Crippen molar-refractivity contribution in [3.05, 3.63) is 131 Å². The smallest absolute Gasteiger partial charge is 0.261 e. The second-order valence-electron chi connectivity index (χ2n) is 26.8. The molecule has 4 amide bonds. The van der Waals surface area contributed by atoms with Crippen molar-refractivity contribution in [2.75, 3.05) is 0 Å². The van der Waals surface area contributed by atoms with Crippen LogP contribution in [0.15, 0.2) is 109 Å². The molecule has 0 unspecified atom stereocenters. The third-order valence-electron chi connectivity index (χ3n) is 20.9. The molecule has 0 radical (unpaired) electrons. The number of imide groups is 2. The largest absolute Gasteiger partial charge is 0.271 e. The predicted octanol–water partition coefficient (Wildman–Crippen LogP) is 23.9. The fourth-order valence-corrected chi connectivity index (χ4v) is 16.3. The Labute approximate surface area is 523 Å². The van der Waals surface area contributed by atoms with E-state index in [-0.39, 0.29) is 35.7 Å². The Kier molecular flexibility index (Phi) is 19.7. The first-order chi connectivity index (χ1) is 43.3. The fraction of sp³-hybridized carbons (Fsp3) is 0.463. The maximum absolute atomic E-state index is 15.0. The van der Waals surface area contributed by atoms with Crippen LogP contribution in [0.4, 0.5) is 0 Å². The zero-order valence-electron chi connectivity index (χ0n) is 53.7. The van der Waals surface area contributed by atoms with Gasteiger partial charge in [-0.25, -0.2) is 0 Å². The van der Waals surface area contributed by atoms with Gasteiger partial charge in [-0.05, 0) is 136 Å². The second kappa shape index (κ2) is 28.3. The number of hydrogen-bond donors (Lipinski definition) is 0. The molecule has 0 fully saturated rings.